The van der Waals surface area contributed by atoms with Crippen LogP contribution in [0.5, 0.6) is 11.5 Å². The highest BCUT2D eigenvalue weighted by Gasteiger charge is 2.32. The minimum Gasteiger partial charge on any atom is -0.493 e. The van der Waals surface area contributed by atoms with E-state index in [9.17, 15) is 9.59 Å². The summed E-state index contributed by atoms with van der Waals surface area (Å²) >= 11 is 7.11. The lowest BCUT2D eigenvalue weighted by molar-refractivity contribution is -0.138. The first kappa shape index (κ1) is 18.1. The molecule has 1 aromatic carbocycles. The SMILES string of the molecule is COc1cc(C=N/N=C2\NC(=O)C(CC(=O)O)S2)cc(Cl)c1OC. The summed E-state index contributed by atoms with van der Waals surface area (Å²) in [4.78, 5) is 22.2. The molecule has 10 heteroatoms. The molecule has 1 aliphatic rings. The van der Waals surface area contributed by atoms with Gasteiger partial charge in [0.1, 0.15) is 5.25 Å². The normalized spacial score (nSPS) is 18.9. The summed E-state index contributed by atoms with van der Waals surface area (Å²) in [6.07, 6.45) is 1.16. The fourth-order valence-electron chi connectivity index (χ4n) is 1.91. The first-order valence-corrected chi connectivity index (χ1v) is 7.92. The van der Waals surface area contributed by atoms with Crippen molar-refractivity contribution >= 4 is 46.6 Å². The van der Waals surface area contributed by atoms with Gasteiger partial charge in [0.25, 0.3) is 0 Å². The Morgan fingerprint density at radius 1 is 1.46 bits per heavy atom. The van der Waals surface area contributed by atoms with E-state index in [4.69, 9.17) is 26.2 Å². The van der Waals surface area contributed by atoms with E-state index in [-0.39, 0.29) is 11.6 Å². The largest absolute Gasteiger partial charge is 0.493 e. The van der Waals surface area contributed by atoms with Gasteiger partial charge in [-0.05, 0) is 12.1 Å². The Morgan fingerprint density at radius 3 is 2.83 bits per heavy atom. The monoisotopic (exact) mass is 371 g/mol. The number of carboxylic acids is 1. The van der Waals surface area contributed by atoms with Gasteiger partial charge in [-0.2, -0.15) is 5.10 Å². The maximum Gasteiger partial charge on any atom is 0.305 e. The maximum absolute atomic E-state index is 11.6. The molecule has 2 N–H and O–H groups in total. The molecule has 1 atom stereocenters. The number of carbonyl (C=O) groups excluding carboxylic acids is 1. The van der Waals surface area contributed by atoms with Gasteiger partial charge in [0, 0.05) is 5.56 Å². The summed E-state index contributed by atoms with van der Waals surface area (Å²) in [6, 6.07) is 3.29. The summed E-state index contributed by atoms with van der Waals surface area (Å²) in [5, 5.41) is 18.8. The van der Waals surface area contributed by atoms with Gasteiger partial charge in [-0.1, -0.05) is 23.4 Å². The molecule has 1 aromatic rings. The number of thioether (sulfide) groups is 1. The van der Waals surface area contributed by atoms with Crippen LogP contribution in [-0.4, -0.2) is 47.8 Å². The van der Waals surface area contributed by atoms with Gasteiger partial charge in [0.2, 0.25) is 5.91 Å². The number of rotatable bonds is 6. The average molecular weight is 372 g/mol. The summed E-state index contributed by atoms with van der Waals surface area (Å²) in [5.41, 5.74) is 0.624. The van der Waals surface area contributed by atoms with Crippen LogP contribution in [0.1, 0.15) is 12.0 Å². The van der Waals surface area contributed by atoms with Crippen LogP contribution in [0.2, 0.25) is 5.02 Å². The number of amidine groups is 1. The number of hydrogen-bond acceptors (Lipinski definition) is 7. The molecule has 0 aliphatic carbocycles. The third-order valence-corrected chi connectivity index (χ3v) is 4.30. The number of nitrogens with zero attached hydrogens (tertiary/aromatic N) is 2. The van der Waals surface area contributed by atoms with E-state index >= 15 is 0 Å². The van der Waals surface area contributed by atoms with E-state index in [0.717, 1.165) is 11.8 Å². The van der Waals surface area contributed by atoms with Gasteiger partial charge in [-0.15, -0.1) is 5.10 Å². The van der Waals surface area contributed by atoms with Gasteiger partial charge in [0.15, 0.2) is 16.7 Å². The van der Waals surface area contributed by atoms with Crippen molar-refractivity contribution < 1.29 is 24.2 Å². The minimum atomic E-state index is -1.05. The van der Waals surface area contributed by atoms with Crippen LogP contribution in [-0.2, 0) is 9.59 Å². The van der Waals surface area contributed by atoms with Crippen LogP contribution in [0.3, 0.4) is 0 Å². The van der Waals surface area contributed by atoms with E-state index < -0.39 is 17.1 Å². The first-order valence-electron chi connectivity index (χ1n) is 6.66. The third kappa shape index (κ3) is 4.39. The van der Waals surface area contributed by atoms with Gasteiger partial charge >= 0.3 is 5.97 Å². The van der Waals surface area contributed by atoms with Crippen molar-refractivity contribution in [1.29, 1.82) is 0 Å². The molecular formula is C14H14ClN3O5S. The molecule has 1 aliphatic heterocycles. The summed E-state index contributed by atoms with van der Waals surface area (Å²) in [5.74, 6) is -0.584. The molecule has 24 heavy (non-hydrogen) atoms. The molecule has 1 fully saturated rings. The molecule has 0 spiro atoms. The highest BCUT2D eigenvalue weighted by molar-refractivity contribution is 8.15. The Kier molecular flexibility index (Phi) is 6.04. The van der Waals surface area contributed by atoms with Crippen LogP contribution in [0.15, 0.2) is 22.3 Å². The van der Waals surface area contributed by atoms with E-state index in [1.54, 1.807) is 12.1 Å². The number of nitrogens with one attached hydrogen (secondary N) is 1. The molecule has 0 saturated carbocycles. The smallest absolute Gasteiger partial charge is 0.305 e. The molecule has 0 bridgehead atoms. The summed E-state index contributed by atoms with van der Waals surface area (Å²) < 4.78 is 10.3. The second kappa shape index (κ2) is 8.02. The lowest BCUT2D eigenvalue weighted by Crippen LogP contribution is -2.26. The summed E-state index contributed by atoms with van der Waals surface area (Å²) in [6.45, 7) is 0. The van der Waals surface area contributed by atoms with Crippen molar-refractivity contribution in [3.05, 3.63) is 22.7 Å². The third-order valence-electron chi connectivity index (χ3n) is 2.95. The highest BCUT2D eigenvalue weighted by atomic mass is 35.5. The Hall–Kier alpha value is -2.26. The minimum absolute atomic E-state index is 0.245. The second-order valence-electron chi connectivity index (χ2n) is 4.58. The first-order chi connectivity index (χ1) is 11.4. The molecule has 1 heterocycles. The number of benzene rings is 1. The summed E-state index contributed by atoms with van der Waals surface area (Å²) in [7, 11) is 2.97. The lowest BCUT2D eigenvalue weighted by atomic mass is 10.2. The molecule has 128 valence electrons. The molecule has 1 amide bonds. The highest BCUT2D eigenvalue weighted by Crippen LogP contribution is 2.35. The van der Waals surface area contributed by atoms with Crippen LogP contribution in [0, 0.1) is 0 Å². The van der Waals surface area contributed by atoms with E-state index in [0.29, 0.717) is 22.1 Å². The molecule has 8 nitrogen and oxygen atoms in total. The number of carbonyl (C=O) groups is 2. The van der Waals surface area contributed by atoms with Gasteiger partial charge in [-0.3, -0.25) is 9.59 Å². The lowest BCUT2D eigenvalue weighted by Gasteiger charge is -2.09. The number of ether oxygens (including phenoxy) is 2. The molecular weight excluding hydrogens is 358 g/mol. The molecule has 1 unspecified atom stereocenters. The number of aliphatic carboxylic acids is 1. The molecule has 1 saturated heterocycles. The maximum atomic E-state index is 11.6. The van der Waals surface area contributed by atoms with E-state index in [2.05, 4.69) is 15.5 Å². The van der Waals surface area contributed by atoms with E-state index in [1.807, 2.05) is 0 Å². The average Bonchev–Trinajstić information content (AvgIpc) is 2.85. The van der Waals surface area contributed by atoms with Crippen LogP contribution in [0.4, 0.5) is 0 Å². The zero-order chi connectivity index (χ0) is 17.7. The van der Waals surface area contributed by atoms with Crippen molar-refractivity contribution in [3.8, 4) is 11.5 Å². The Labute approximate surface area is 146 Å². The number of hydrogen-bond donors (Lipinski definition) is 2. The van der Waals surface area contributed by atoms with Gasteiger partial charge in [0.05, 0.1) is 31.9 Å². The van der Waals surface area contributed by atoms with Crippen molar-refractivity contribution in [1.82, 2.24) is 5.32 Å². The molecule has 0 aromatic heterocycles. The van der Waals surface area contributed by atoms with Gasteiger partial charge in [-0.25, -0.2) is 0 Å². The van der Waals surface area contributed by atoms with Crippen molar-refractivity contribution in [2.75, 3.05) is 14.2 Å². The standard InChI is InChI=1S/C14H14ClN3O5S/c1-22-9-4-7(3-8(15)12(9)23-2)6-16-18-14-17-13(21)10(24-14)5-11(19)20/h3-4,6,10H,5H2,1-2H3,(H,19,20)(H,17,18,21). The van der Waals surface area contributed by atoms with Crippen LogP contribution < -0.4 is 14.8 Å². The van der Waals surface area contributed by atoms with Gasteiger partial charge < -0.3 is 19.9 Å². The predicted octanol–water partition coefficient (Wildman–Crippen LogP) is 1.75. The molecule has 2 rings (SSSR count). The quantitative estimate of drug-likeness (QED) is 0.582. The second-order valence-corrected chi connectivity index (χ2v) is 6.18. The number of methoxy groups -OCH3 is 2. The molecule has 0 radical (unpaired) electrons. The fraction of sp³-hybridized carbons (Fsp3) is 0.286. The van der Waals surface area contributed by atoms with Crippen molar-refractivity contribution in [2.45, 2.75) is 11.7 Å². The Bertz CT molecular complexity index is 723. The topological polar surface area (TPSA) is 110 Å². The van der Waals surface area contributed by atoms with Crippen molar-refractivity contribution in [3.63, 3.8) is 0 Å². The zero-order valence-corrected chi connectivity index (χ0v) is 14.3. The predicted molar refractivity (Wildman–Crippen MR) is 91.4 cm³/mol. The van der Waals surface area contributed by atoms with Crippen molar-refractivity contribution in [2.24, 2.45) is 10.2 Å². The Morgan fingerprint density at radius 2 is 2.21 bits per heavy atom. The number of halogens is 1. The Balaban J connectivity index is 2.10. The zero-order valence-electron chi connectivity index (χ0n) is 12.8. The number of amides is 1. The van der Waals surface area contributed by atoms with Crippen LogP contribution >= 0.6 is 23.4 Å². The van der Waals surface area contributed by atoms with Crippen LogP contribution in [0.25, 0.3) is 0 Å². The van der Waals surface area contributed by atoms with E-state index in [1.165, 1.54) is 20.4 Å². The number of carboxylic acid groups (broad SMARTS) is 1. The fourth-order valence-corrected chi connectivity index (χ4v) is 3.12.